The summed E-state index contributed by atoms with van der Waals surface area (Å²) in [6.07, 6.45) is 1.62. The summed E-state index contributed by atoms with van der Waals surface area (Å²) in [6.45, 7) is 1.86. The standard InChI is InChI=1S/C11H8BrNO2/c1-6-7-2-3-9(12)10(11(14)15)8(7)4-5-13-6/h2-5H,1H3,(H,14,15). The molecule has 0 fully saturated rings. The maximum absolute atomic E-state index is 11.1. The van der Waals surface area contributed by atoms with E-state index >= 15 is 0 Å². The highest BCUT2D eigenvalue weighted by molar-refractivity contribution is 9.10. The predicted molar refractivity (Wildman–Crippen MR) is 61.1 cm³/mol. The van der Waals surface area contributed by atoms with Crippen LogP contribution in [0.25, 0.3) is 10.8 Å². The molecule has 0 bridgehead atoms. The summed E-state index contributed by atoms with van der Waals surface area (Å²) in [4.78, 5) is 15.2. The largest absolute Gasteiger partial charge is 0.478 e. The Kier molecular flexibility index (Phi) is 2.44. The highest BCUT2D eigenvalue weighted by Crippen LogP contribution is 2.27. The molecule has 0 aliphatic carbocycles. The number of hydrogen-bond donors (Lipinski definition) is 1. The van der Waals surface area contributed by atoms with Gasteiger partial charge in [-0.1, -0.05) is 6.07 Å². The fourth-order valence-electron chi connectivity index (χ4n) is 1.59. The van der Waals surface area contributed by atoms with Crippen LogP contribution in [0.2, 0.25) is 0 Å². The average Bonchev–Trinajstić information content (AvgIpc) is 2.17. The number of aromatic nitrogens is 1. The van der Waals surface area contributed by atoms with E-state index in [9.17, 15) is 4.79 Å². The first-order valence-electron chi connectivity index (χ1n) is 4.38. The molecule has 0 amide bonds. The first-order chi connectivity index (χ1) is 7.11. The van der Waals surface area contributed by atoms with Crippen LogP contribution < -0.4 is 0 Å². The van der Waals surface area contributed by atoms with Crippen molar-refractivity contribution in [2.24, 2.45) is 0 Å². The van der Waals surface area contributed by atoms with Crippen molar-refractivity contribution in [1.82, 2.24) is 4.98 Å². The molecule has 1 heterocycles. The van der Waals surface area contributed by atoms with Crippen LogP contribution in [0, 0.1) is 6.92 Å². The SMILES string of the molecule is Cc1nccc2c(C(=O)O)c(Br)ccc12. The van der Waals surface area contributed by atoms with Crippen molar-refractivity contribution < 1.29 is 9.90 Å². The third kappa shape index (κ3) is 1.61. The highest BCUT2D eigenvalue weighted by Gasteiger charge is 2.13. The number of halogens is 1. The van der Waals surface area contributed by atoms with Crippen LogP contribution in [0.1, 0.15) is 16.1 Å². The van der Waals surface area contributed by atoms with Gasteiger partial charge in [-0.25, -0.2) is 4.79 Å². The Balaban J connectivity index is 2.94. The van der Waals surface area contributed by atoms with E-state index in [0.717, 1.165) is 11.1 Å². The second-order valence-corrected chi connectivity index (χ2v) is 4.07. The minimum atomic E-state index is -0.932. The Morgan fingerprint density at radius 1 is 1.33 bits per heavy atom. The van der Waals surface area contributed by atoms with E-state index in [1.165, 1.54) is 0 Å². The molecule has 1 aromatic carbocycles. The van der Waals surface area contributed by atoms with Crippen LogP contribution in [0.5, 0.6) is 0 Å². The van der Waals surface area contributed by atoms with Crippen molar-refractivity contribution in [2.75, 3.05) is 0 Å². The molecule has 76 valence electrons. The number of benzene rings is 1. The second-order valence-electron chi connectivity index (χ2n) is 3.22. The monoisotopic (exact) mass is 265 g/mol. The van der Waals surface area contributed by atoms with Gasteiger partial charge in [0.15, 0.2) is 0 Å². The molecule has 0 saturated heterocycles. The van der Waals surface area contributed by atoms with Crippen LogP contribution in [0.3, 0.4) is 0 Å². The van der Waals surface area contributed by atoms with Crippen molar-refractivity contribution >= 4 is 32.7 Å². The molecule has 0 aliphatic rings. The summed E-state index contributed by atoms with van der Waals surface area (Å²) in [6, 6.07) is 5.32. The van der Waals surface area contributed by atoms with Crippen molar-refractivity contribution in [3.05, 3.63) is 40.1 Å². The minimum Gasteiger partial charge on any atom is -0.478 e. The Morgan fingerprint density at radius 3 is 2.73 bits per heavy atom. The average molecular weight is 266 g/mol. The highest BCUT2D eigenvalue weighted by atomic mass is 79.9. The first-order valence-corrected chi connectivity index (χ1v) is 5.17. The van der Waals surface area contributed by atoms with Crippen molar-refractivity contribution in [2.45, 2.75) is 6.92 Å². The quantitative estimate of drug-likeness (QED) is 0.863. The van der Waals surface area contributed by atoms with E-state index in [4.69, 9.17) is 5.11 Å². The Morgan fingerprint density at radius 2 is 2.07 bits per heavy atom. The van der Waals surface area contributed by atoms with Crippen LogP contribution in [-0.4, -0.2) is 16.1 Å². The number of nitrogens with zero attached hydrogens (tertiary/aromatic N) is 1. The number of carboxylic acids is 1. The van der Waals surface area contributed by atoms with Gasteiger partial charge in [0.05, 0.1) is 5.56 Å². The summed E-state index contributed by atoms with van der Waals surface area (Å²) in [7, 11) is 0. The van der Waals surface area contributed by atoms with Crippen LogP contribution >= 0.6 is 15.9 Å². The third-order valence-corrected chi connectivity index (χ3v) is 2.97. The molecule has 3 nitrogen and oxygen atoms in total. The number of carboxylic acid groups (broad SMARTS) is 1. The van der Waals surface area contributed by atoms with Gasteiger partial charge in [-0.05, 0) is 35.0 Å². The number of pyridine rings is 1. The van der Waals surface area contributed by atoms with E-state index in [1.54, 1.807) is 18.3 Å². The predicted octanol–water partition coefficient (Wildman–Crippen LogP) is 3.00. The molecule has 0 saturated carbocycles. The first kappa shape index (κ1) is 10.1. The number of carbonyl (C=O) groups is 1. The number of fused-ring (bicyclic) bond motifs is 1. The van der Waals surface area contributed by atoms with Crippen molar-refractivity contribution in [3.63, 3.8) is 0 Å². The zero-order valence-electron chi connectivity index (χ0n) is 7.99. The van der Waals surface area contributed by atoms with Crippen LogP contribution in [0.15, 0.2) is 28.9 Å². The Hall–Kier alpha value is -1.42. The molecular formula is C11H8BrNO2. The van der Waals surface area contributed by atoms with Gasteiger partial charge in [-0.3, -0.25) is 4.98 Å². The molecule has 2 rings (SSSR count). The molecule has 0 spiro atoms. The molecule has 0 unspecified atom stereocenters. The van der Waals surface area contributed by atoms with Gasteiger partial charge in [-0.2, -0.15) is 0 Å². The Labute approximate surface area is 94.9 Å². The zero-order chi connectivity index (χ0) is 11.0. The molecule has 15 heavy (non-hydrogen) atoms. The second kappa shape index (κ2) is 3.62. The van der Waals surface area contributed by atoms with Gasteiger partial charge in [0.25, 0.3) is 0 Å². The summed E-state index contributed by atoms with van der Waals surface area (Å²) in [5.41, 5.74) is 1.13. The van der Waals surface area contributed by atoms with E-state index < -0.39 is 5.97 Å². The van der Waals surface area contributed by atoms with E-state index in [2.05, 4.69) is 20.9 Å². The van der Waals surface area contributed by atoms with Gasteiger partial charge in [0.2, 0.25) is 0 Å². The minimum absolute atomic E-state index is 0.290. The van der Waals surface area contributed by atoms with Gasteiger partial charge in [0.1, 0.15) is 0 Å². The summed E-state index contributed by atoms with van der Waals surface area (Å²) in [5, 5.41) is 10.7. The number of hydrogen-bond acceptors (Lipinski definition) is 2. The molecule has 1 N–H and O–H groups in total. The smallest absolute Gasteiger partial charge is 0.337 e. The van der Waals surface area contributed by atoms with Crippen molar-refractivity contribution in [1.29, 1.82) is 0 Å². The molecular weight excluding hydrogens is 258 g/mol. The summed E-state index contributed by atoms with van der Waals surface area (Å²) < 4.78 is 0.591. The topological polar surface area (TPSA) is 50.2 Å². The summed E-state index contributed by atoms with van der Waals surface area (Å²) in [5.74, 6) is -0.932. The number of aromatic carboxylic acids is 1. The normalized spacial score (nSPS) is 10.5. The molecule has 0 radical (unpaired) electrons. The van der Waals surface area contributed by atoms with Crippen LogP contribution in [-0.2, 0) is 0 Å². The van der Waals surface area contributed by atoms with Gasteiger partial charge >= 0.3 is 5.97 Å². The van der Waals surface area contributed by atoms with Gasteiger partial charge in [-0.15, -0.1) is 0 Å². The lowest BCUT2D eigenvalue weighted by Gasteiger charge is -2.06. The molecule has 1 aromatic heterocycles. The maximum Gasteiger partial charge on any atom is 0.337 e. The number of aryl methyl sites for hydroxylation is 1. The van der Waals surface area contributed by atoms with Gasteiger partial charge in [0, 0.05) is 27.1 Å². The summed E-state index contributed by atoms with van der Waals surface area (Å²) >= 11 is 3.24. The fourth-order valence-corrected chi connectivity index (χ4v) is 2.11. The molecule has 2 aromatic rings. The lowest BCUT2D eigenvalue weighted by Crippen LogP contribution is -2.00. The maximum atomic E-state index is 11.1. The van der Waals surface area contributed by atoms with E-state index in [1.807, 2.05) is 13.0 Å². The zero-order valence-corrected chi connectivity index (χ0v) is 9.58. The lowest BCUT2D eigenvalue weighted by atomic mass is 10.0. The van der Waals surface area contributed by atoms with Crippen molar-refractivity contribution in [3.8, 4) is 0 Å². The van der Waals surface area contributed by atoms with Crippen LogP contribution in [0.4, 0.5) is 0 Å². The third-order valence-electron chi connectivity index (χ3n) is 2.31. The molecule has 0 aliphatic heterocycles. The lowest BCUT2D eigenvalue weighted by molar-refractivity contribution is 0.0698. The van der Waals surface area contributed by atoms with E-state index in [0.29, 0.717) is 9.86 Å². The van der Waals surface area contributed by atoms with Gasteiger partial charge < -0.3 is 5.11 Å². The fraction of sp³-hybridized carbons (Fsp3) is 0.0909. The number of rotatable bonds is 1. The van der Waals surface area contributed by atoms with E-state index in [-0.39, 0.29) is 5.56 Å². The molecule has 4 heteroatoms. The Bertz CT molecular complexity index is 552. The molecule has 0 atom stereocenters.